The molecule has 0 saturated carbocycles. The molecule has 0 spiro atoms. The molecule has 3 heteroatoms. The number of ether oxygens (including phenoxy) is 1. The third-order valence-electron chi connectivity index (χ3n) is 3.89. The monoisotopic (exact) mass is 341 g/mol. The van der Waals surface area contributed by atoms with E-state index in [1.165, 1.54) is 11.1 Å². The number of hydrogen-bond donors (Lipinski definition) is 1. The van der Waals surface area contributed by atoms with Gasteiger partial charge in [-0.15, -0.1) is 0 Å². The summed E-state index contributed by atoms with van der Waals surface area (Å²) in [6.07, 6.45) is 9.43. The number of hydrogen-bond acceptors (Lipinski definition) is 2. The number of amides is 1. The normalized spacial score (nSPS) is 12.0. The predicted octanol–water partition coefficient (Wildman–Crippen LogP) is 4.88. The molecule has 0 aromatic heterocycles. The molecular formula is C22H31NO2. The predicted molar refractivity (Wildman–Crippen MR) is 105 cm³/mol. The van der Waals surface area contributed by atoms with Gasteiger partial charge in [0.05, 0.1) is 6.61 Å². The fourth-order valence-corrected chi connectivity index (χ4v) is 2.21. The summed E-state index contributed by atoms with van der Waals surface area (Å²) >= 11 is 0. The summed E-state index contributed by atoms with van der Waals surface area (Å²) in [6, 6.07) is 8.37. The van der Waals surface area contributed by atoms with Crippen molar-refractivity contribution in [1.82, 2.24) is 5.32 Å². The largest absolute Gasteiger partial charge is 0.494 e. The molecule has 3 nitrogen and oxygen atoms in total. The third kappa shape index (κ3) is 8.94. The first-order valence-corrected chi connectivity index (χ1v) is 9.04. The number of carbonyl (C=O) groups excluding carboxylic acids is 1. The van der Waals surface area contributed by atoms with Gasteiger partial charge in [0.1, 0.15) is 5.76 Å². The molecule has 0 radical (unpaired) electrons. The highest BCUT2D eigenvalue weighted by Gasteiger charge is 2.03. The molecule has 0 atom stereocenters. The van der Waals surface area contributed by atoms with Gasteiger partial charge in [-0.1, -0.05) is 62.2 Å². The van der Waals surface area contributed by atoms with Crippen molar-refractivity contribution in [2.45, 2.75) is 46.5 Å². The Morgan fingerprint density at radius 2 is 1.92 bits per heavy atom. The van der Waals surface area contributed by atoms with Gasteiger partial charge in [0, 0.05) is 12.1 Å². The van der Waals surface area contributed by atoms with Crippen LogP contribution in [0.2, 0.25) is 0 Å². The molecule has 0 fully saturated rings. The molecule has 136 valence electrons. The number of unbranched alkanes of at least 4 members (excludes halogenated alkanes) is 2. The Kier molecular flexibility index (Phi) is 10.1. The lowest BCUT2D eigenvalue weighted by Crippen LogP contribution is -2.26. The summed E-state index contributed by atoms with van der Waals surface area (Å²) in [5, 5.41) is 2.94. The molecule has 0 aliphatic rings. The Morgan fingerprint density at radius 3 is 2.56 bits per heavy atom. The van der Waals surface area contributed by atoms with Crippen LogP contribution in [0.3, 0.4) is 0 Å². The summed E-state index contributed by atoms with van der Waals surface area (Å²) in [4.78, 5) is 12.1. The smallest absolute Gasteiger partial charge is 0.246 e. The number of nitrogens with one attached hydrogen (secondary N) is 1. The summed E-state index contributed by atoms with van der Waals surface area (Å²) in [5.41, 5.74) is 3.12. The van der Waals surface area contributed by atoms with Gasteiger partial charge in [0.15, 0.2) is 0 Å². The van der Waals surface area contributed by atoms with Crippen molar-refractivity contribution in [3.8, 4) is 0 Å². The zero-order valence-corrected chi connectivity index (χ0v) is 15.8. The van der Waals surface area contributed by atoms with E-state index < -0.39 is 0 Å². The van der Waals surface area contributed by atoms with Crippen LogP contribution >= 0.6 is 0 Å². The maximum absolute atomic E-state index is 12.1. The average Bonchev–Trinajstić information content (AvgIpc) is 2.62. The third-order valence-corrected chi connectivity index (χ3v) is 3.89. The first-order chi connectivity index (χ1) is 12.1. The molecule has 1 N–H and O–H groups in total. The van der Waals surface area contributed by atoms with Crippen LogP contribution in [-0.2, 0) is 16.0 Å². The number of aryl methyl sites for hydroxylation is 1. The van der Waals surface area contributed by atoms with Gasteiger partial charge in [0.25, 0.3) is 0 Å². The van der Waals surface area contributed by atoms with E-state index in [0.717, 1.165) is 25.7 Å². The molecule has 0 bridgehead atoms. The molecule has 1 amide bonds. The van der Waals surface area contributed by atoms with Crippen molar-refractivity contribution in [2.75, 3.05) is 13.2 Å². The first kappa shape index (κ1) is 20.8. The van der Waals surface area contributed by atoms with Gasteiger partial charge in [0.2, 0.25) is 5.91 Å². The minimum absolute atomic E-state index is 0.0576. The molecule has 1 rings (SSSR count). The highest BCUT2D eigenvalue weighted by Crippen LogP contribution is 2.05. The zero-order valence-electron chi connectivity index (χ0n) is 15.8. The fourth-order valence-electron chi connectivity index (χ4n) is 2.21. The van der Waals surface area contributed by atoms with Crippen molar-refractivity contribution in [1.29, 1.82) is 0 Å². The molecule has 0 unspecified atom stereocenters. The maximum atomic E-state index is 12.1. The van der Waals surface area contributed by atoms with Crippen molar-refractivity contribution in [2.24, 2.45) is 0 Å². The highest BCUT2D eigenvalue weighted by atomic mass is 16.5. The average molecular weight is 341 g/mol. The van der Waals surface area contributed by atoms with Gasteiger partial charge < -0.3 is 10.1 Å². The van der Waals surface area contributed by atoms with E-state index in [1.807, 2.05) is 0 Å². The first-order valence-electron chi connectivity index (χ1n) is 9.04. The van der Waals surface area contributed by atoms with Gasteiger partial charge in [-0.2, -0.15) is 0 Å². The summed E-state index contributed by atoms with van der Waals surface area (Å²) in [6.45, 7) is 11.1. The van der Waals surface area contributed by atoms with Crippen LogP contribution in [0.1, 0.15) is 44.2 Å². The fraction of sp³-hybridized carbons (Fsp3) is 0.409. The van der Waals surface area contributed by atoms with Crippen molar-refractivity contribution in [3.05, 3.63) is 71.5 Å². The van der Waals surface area contributed by atoms with E-state index in [2.05, 4.69) is 50.0 Å². The standard InChI is InChI=1S/C22H31NO2/c1-5-7-8-17-25-21(6-2)14-11-19(4)22(24)23-16-15-20-12-9-18(3)10-13-20/h6,9-14H,2,5,7-8,15-17H2,1,3-4H3,(H,23,24)/b19-11+,21-14+. The SMILES string of the molecule is C=C/C(=C\C=C(/C)C(=O)NCCc1ccc(C)cc1)OCCCCC. The second-order valence-electron chi connectivity index (χ2n) is 6.17. The van der Waals surface area contributed by atoms with E-state index >= 15 is 0 Å². The van der Waals surface area contributed by atoms with Crippen LogP contribution < -0.4 is 5.32 Å². The lowest BCUT2D eigenvalue weighted by Gasteiger charge is -2.07. The quantitative estimate of drug-likeness (QED) is 0.270. The lowest BCUT2D eigenvalue weighted by molar-refractivity contribution is -0.117. The van der Waals surface area contributed by atoms with Crippen LogP contribution in [0.25, 0.3) is 0 Å². The van der Waals surface area contributed by atoms with E-state index in [0.29, 0.717) is 24.5 Å². The van der Waals surface area contributed by atoms with Gasteiger partial charge in [-0.05, 0) is 44.4 Å². The minimum Gasteiger partial charge on any atom is -0.494 e. The molecule has 1 aromatic rings. The van der Waals surface area contributed by atoms with Crippen LogP contribution in [0, 0.1) is 6.92 Å². The molecule has 0 saturated heterocycles. The summed E-state index contributed by atoms with van der Waals surface area (Å²) < 4.78 is 5.64. The Morgan fingerprint density at radius 1 is 1.20 bits per heavy atom. The molecule has 0 aliphatic heterocycles. The van der Waals surface area contributed by atoms with Crippen molar-refractivity contribution < 1.29 is 9.53 Å². The maximum Gasteiger partial charge on any atom is 0.246 e. The van der Waals surface area contributed by atoms with Crippen LogP contribution in [0.4, 0.5) is 0 Å². The van der Waals surface area contributed by atoms with E-state index in [4.69, 9.17) is 4.74 Å². The second kappa shape index (κ2) is 12.1. The Hall–Kier alpha value is -2.29. The number of rotatable bonds is 11. The van der Waals surface area contributed by atoms with E-state index in [-0.39, 0.29) is 5.91 Å². The Bertz CT molecular complexity index is 597. The molecule has 25 heavy (non-hydrogen) atoms. The lowest BCUT2D eigenvalue weighted by atomic mass is 10.1. The summed E-state index contributed by atoms with van der Waals surface area (Å²) in [5.74, 6) is 0.640. The molecule has 0 aliphatic carbocycles. The van der Waals surface area contributed by atoms with Crippen molar-refractivity contribution >= 4 is 5.91 Å². The topological polar surface area (TPSA) is 38.3 Å². The van der Waals surface area contributed by atoms with E-state index in [9.17, 15) is 4.79 Å². The molecule has 1 aromatic carbocycles. The van der Waals surface area contributed by atoms with Crippen LogP contribution in [0.5, 0.6) is 0 Å². The molecule has 0 heterocycles. The molecular weight excluding hydrogens is 310 g/mol. The van der Waals surface area contributed by atoms with Crippen LogP contribution in [-0.4, -0.2) is 19.1 Å². The van der Waals surface area contributed by atoms with Gasteiger partial charge in [-0.25, -0.2) is 0 Å². The van der Waals surface area contributed by atoms with Gasteiger partial charge >= 0.3 is 0 Å². The number of carbonyl (C=O) groups is 1. The Labute approximate surface area is 152 Å². The summed E-state index contributed by atoms with van der Waals surface area (Å²) in [7, 11) is 0. The number of allylic oxidation sites excluding steroid dienone is 3. The minimum atomic E-state index is -0.0576. The second-order valence-corrected chi connectivity index (χ2v) is 6.17. The Balaban J connectivity index is 2.42. The van der Waals surface area contributed by atoms with Crippen LogP contribution in [0.15, 0.2) is 60.4 Å². The van der Waals surface area contributed by atoms with E-state index in [1.54, 1.807) is 25.2 Å². The zero-order chi connectivity index (χ0) is 18.5. The number of benzene rings is 1. The van der Waals surface area contributed by atoms with Gasteiger partial charge in [-0.3, -0.25) is 4.79 Å². The van der Waals surface area contributed by atoms with Crippen molar-refractivity contribution in [3.63, 3.8) is 0 Å². The highest BCUT2D eigenvalue weighted by molar-refractivity contribution is 5.93.